The third-order valence-electron chi connectivity index (χ3n) is 5.53. The van der Waals surface area contributed by atoms with Gasteiger partial charge in [0.25, 0.3) is 5.91 Å². The van der Waals surface area contributed by atoms with Crippen molar-refractivity contribution in [3.8, 4) is 5.75 Å². The third kappa shape index (κ3) is 4.49. The number of alkyl halides is 3. The van der Waals surface area contributed by atoms with Crippen LogP contribution in [0.5, 0.6) is 5.75 Å². The summed E-state index contributed by atoms with van der Waals surface area (Å²) in [6.07, 6.45) is -3.58. The number of ether oxygens (including phenoxy) is 2. The lowest BCUT2D eigenvalue weighted by Gasteiger charge is -2.19. The molecule has 5 rings (SSSR count). The molecular formula is C21H17F3N6O4. The highest BCUT2D eigenvalue weighted by molar-refractivity contribution is 5.95. The smallest absolute Gasteiger partial charge is 0.445 e. The van der Waals surface area contributed by atoms with E-state index >= 15 is 0 Å². The van der Waals surface area contributed by atoms with Gasteiger partial charge in [-0.25, -0.2) is 9.78 Å². The van der Waals surface area contributed by atoms with Crippen LogP contribution >= 0.6 is 0 Å². The van der Waals surface area contributed by atoms with Crippen molar-refractivity contribution >= 4 is 23.2 Å². The number of H-pyrrole nitrogens is 1. The lowest BCUT2D eigenvalue weighted by atomic mass is 10.1. The Kier molecular flexibility index (Phi) is 5.30. The number of hydrogen-bond donors (Lipinski definition) is 1. The van der Waals surface area contributed by atoms with Gasteiger partial charge in [0.15, 0.2) is 0 Å². The van der Waals surface area contributed by atoms with Crippen LogP contribution in [0.3, 0.4) is 0 Å². The van der Waals surface area contributed by atoms with E-state index in [1.165, 1.54) is 17.0 Å². The molecular weight excluding hydrogens is 457 g/mol. The summed E-state index contributed by atoms with van der Waals surface area (Å²) >= 11 is 0. The number of rotatable bonds is 4. The average molecular weight is 474 g/mol. The van der Waals surface area contributed by atoms with Crippen LogP contribution in [-0.4, -0.2) is 68.2 Å². The Bertz CT molecular complexity index is 1270. The standard InChI is InChI=1S/C21H17F3N6O4/c22-21(23,24)34-15-3-1-12(2-4-15)11-33-20(32)30-9-13-7-29(8-14(13)10-30)19(31)17-6-5-16-18(25-17)27-28-26-16/h1-7,14H,8-11H2,(H,25,26,27,28)/t14-/m0/s1. The third-order valence-corrected chi connectivity index (χ3v) is 5.53. The Hall–Kier alpha value is -4.16. The van der Waals surface area contributed by atoms with Crippen LogP contribution in [-0.2, 0) is 11.3 Å². The molecule has 0 spiro atoms. The fourth-order valence-electron chi connectivity index (χ4n) is 3.92. The molecule has 1 atom stereocenters. The molecule has 13 heteroatoms. The molecule has 0 saturated carbocycles. The zero-order chi connectivity index (χ0) is 23.9. The van der Waals surface area contributed by atoms with Crippen LogP contribution < -0.4 is 4.74 Å². The van der Waals surface area contributed by atoms with Gasteiger partial charge in [-0.3, -0.25) is 9.89 Å². The maximum absolute atomic E-state index is 12.8. The van der Waals surface area contributed by atoms with Crippen molar-refractivity contribution in [2.24, 2.45) is 5.92 Å². The topological polar surface area (TPSA) is 114 Å². The molecule has 1 N–H and O–H groups in total. The quantitative estimate of drug-likeness (QED) is 0.619. The SMILES string of the molecule is O=C(c1ccc2[nH]nnc2n1)N1C=C2CN(C(=O)OCc3ccc(OC(F)(F)F)cc3)C[C@@H]2C1. The van der Waals surface area contributed by atoms with E-state index in [2.05, 4.69) is 25.1 Å². The molecule has 2 amide bonds. The Morgan fingerprint density at radius 1 is 1.12 bits per heavy atom. The summed E-state index contributed by atoms with van der Waals surface area (Å²) in [7, 11) is 0. The highest BCUT2D eigenvalue weighted by Crippen LogP contribution is 2.31. The van der Waals surface area contributed by atoms with Crippen LogP contribution in [0.15, 0.2) is 48.2 Å². The maximum Gasteiger partial charge on any atom is 0.573 e. The van der Waals surface area contributed by atoms with Crippen molar-refractivity contribution in [1.29, 1.82) is 0 Å². The highest BCUT2D eigenvalue weighted by Gasteiger charge is 2.38. The van der Waals surface area contributed by atoms with Gasteiger partial charge in [0, 0.05) is 31.8 Å². The minimum atomic E-state index is -4.77. The summed E-state index contributed by atoms with van der Waals surface area (Å²) in [5.74, 6) is -0.623. The van der Waals surface area contributed by atoms with Gasteiger partial charge in [0.05, 0.1) is 0 Å². The van der Waals surface area contributed by atoms with Crippen LogP contribution in [0.4, 0.5) is 18.0 Å². The Labute approximate surface area is 189 Å². The van der Waals surface area contributed by atoms with E-state index in [1.807, 2.05) is 0 Å². The minimum Gasteiger partial charge on any atom is -0.445 e. The van der Waals surface area contributed by atoms with Gasteiger partial charge in [0.2, 0.25) is 5.65 Å². The molecule has 34 heavy (non-hydrogen) atoms. The molecule has 1 aromatic carbocycles. The predicted octanol–water partition coefficient (Wildman–Crippen LogP) is 2.86. The summed E-state index contributed by atoms with van der Waals surface area (Å²) in [6.45, 7) is 1.03. The first-order chi connectivity index (χ1) is 16.2. The molecule has 0 bridgehead atoms. The number of pyridine rings is 1. The summed E-state index contributed by atoms with van der Waals surface area (Å²) in [5.41, 5.74) is 2.69. The van der Waals surface area contributed by atoms with Crippen LogP contribution in [0, 0.1) is 5.92 Å². The van der Waals surface area contributed by atoms with E-state index in [0.29, 0.717) is 36.4 Å². The van der Waals surface area contributed by atoms with E-state index in [1.54, 1.807) is 23.2 Å². The van der Waals surface area contributed by atoms with Crippen LogP contribution in [0.1, 0.15) is 16.1 Å². The number of benzene rings is 1. The second-order valence-corrected chi connectivity index (χ2v) is 7.86. The van der Waals surface area contributed by atoms with Crippen molar-refractivity contribution in [3.63, 3.8) is 0 Å². The lowest BCUT2D eigenvalue weighted by Crippen LogP contribution is -2.33. The largest absolute Gasteiger partial charge is 0.573 e. The highest BCUT2D eigenvalue weighted by atomic mass is 19.4. The zero-order valence-electron chi connectivity index (χ0n) is 17.5. The number of aromatic nitrogens is 4. The fourth-order valence-corrected chi connectivity index (χ4v) is 3.92. The molecule has 2 aliphatic heterocycles. The molecule has 3 aromatic rings. The molecule has 0 unspecified atom stereocenters. The zero-order valence-corrected chi connectivity index (χ0v) is 17.5. The fraction of sp³-hybridized carbons (Fsp3) is 0.286. The molecule has 1 fully saturated rings. The number of fused-ring (bicyclic) bond motifs is 2. The number of likely N-dealkylation sites (tertiary alicyclic amines) is 1. The number of nitrogens with one attached hydrogen (secondary N) is 1. The molecule has 0 aliphatic carbocycles. The Morgan fingerprint density at radius 3 is 2.65 bits per heavy atom. The number of aromatic amines is 1. The van der Waals surface area contributed by atoms with Crippen molar-refractivity contribution in [2.45, 2.75) is 13.0 Å². The van der Waals surface area contributed by atoms with E-state index < -0.39 is 12.5 Å². The normalized spacial score (nSPS) is 17.6. The summed E-state index contributed by atoms with van der Waals surface area (Å²) < 4.78 is 45.8. The Balaban J connectivity index is 1.15. The molecule has 0 radical (unpaired) electrons. The summed E-state index contributed by atoms with van der Waals surface area (Å²) in [5, 5.41) is 10.1. The summed E-state index contributed by atoms with van der Waals surface area (Å²) in [6, 6.07) is 8.38. The summed E-state index contributed by atoms with van der Waals surface area (Å²) in [4.78, 5) is 32.6. The van der Waals surface area contributed by atoms with Crippen LogP contribution in [0.2, 0.25) is 0 Å². The second-order valence-electron chi connectivity index (χ2n) is 7.86. The Morgan fingerprint density at radius 2 is 1.91 bits per heavy atom. The van der Waals surface area contributed by atoms with Crippen LogP contribution in [0.25, 0.3) is 11.2 Å². The molecule has 2 aromatic heterocycles. The van der Waals surface area contributed by atoms with E-state index in [-0.39, 0.29) is 29.9 Å². The lowest BCUT2D eigenvalue weighted by molar-refractivity contribution is -0.274. The van der Waals surface area contributed by atoms with Gasteiger partial charge in [-0.05, 0) is 35.4 Å². The average Bonchev–Trinajstić information content (AvgIpc) is 3.51. The monoisotopic (exact) mass is 474 g/mol. The van der Waals surface area contributed by atoms with Crippen molar-refractivity contribution in [3.05, 3.63) is 59.4 Å². The number of nitrogens with zero attached hydrogens (tertiary/aromatic N) is 5. The van der Waals surface area contributed by atoms with Crippen molar-refractivity contribution in [1.82, 2.24) is 30.2 Å². The molecule has 4 heterocycles. The molecule has 176 valence electrons. The molecule has 1 saturated heterocycles. The van der Waals surface area contributed by atoms with E-state index in [9.17, 15) is 22.8 Å². The number of hydrogen-bond acceptors (Lipinski definition) is 7. The maximum atomic E-state index is 12.8. The first kappa shape index (κ1) is 21.7. The van der Waals surface area contributed by atoms with Crippen molar-refractivity contribution in [2.75, 3.05) is 19.6 Å². The van der Waals surface area contributed by atoms with Gasteiger partial charge in [-0.15, -0.1) is 18.3 Å². The van der Waals surface area contributed by atoms with Gasteiger partial charge in [-0.2, -0.15) is 0 Å². The first-order valence-electron chi connectivity index (χ1n) is 10.2. The number of carbonyl (C=O) groups excluding carboxylic acids is 2. The van der Waals surface area contributed by atoms with Gasteiger partial charge >= 0.3 is 12.5 Å². The van der Waals surface area contributed by atoms with E-state index in [0.717, 1.165) is 17.7 Å². The predicted molar refractivity (Wildman–Crippen MR) is 109 cm³/mol. The van der Waals surface area contributed by atoms with Gasteiger partial charge in [-0.1, -0.05) is 17.3 Å². The molecule has 10 nitrogen and oxygen atoms in total. The number of amides is 2. The van der Waals surface area contributed by atoms with Gasteiger partial charge in [0.1, 0.15) is 23.6 Å². The van der Waals surface area contributed by atoms with Crippen molar-refractivity contribution < 1.29 is 32.2 Å². The molecule has 2 aliphatic rings. The first-order valence-corrected chi connectivity index (χ1v) is 10.2. The number of carbonyl (C=O) groups is 2. The van der Waals surface area contributed by atoms with E-state index in [4.69, 9.17) is 4.74 Å². The second kappa shape index (κ2) is 8.32. The number of halogens is 3. The van der Waals surface area contributed by atoms with Gasteiger partial charge < -0.3 is 19.3 Å². The minimum absolute atomic E-state index is 0.00826.